The lowest BCUT2D eigenvalue weighted by Crippen LogP contribution is -2.08. The highest BCUT2D eigenvalue weighted by molar-refractivity contribution is 5.42. The first-order valence-corrected chi connectivity index (χ1v) is 5.39. The van der Waals surface area contributed by atoms with Gasteiger partial charge in [-0.1, -0.05) is 0 Å². The smallest absolute Gasteiger partial charge is 0.0492 e. The molecule has 0 saturated carbocycles. The molecule has 4 nitrogen and oxygen atoms in total. The number of rotatable bonds is 4. The van der Waals surface area contributed by atoms with Crippen molar-refractivity contribution in [2.24, 2.45) is 7.05 Å². The Bertz CT molecular complexity index is 462. The minimum Gasteiger partial charge on any atom is -0.385 e. The molecule has 0 radical (unpaired) electrons. The fourth-order valence-electron chi connectivity index (χ4n) is 1.64. The van der Waals surface area contributed by atoms with Crippen LogP contribution in [0.15, 0.2) is 30.6 Å². The second-order valence-corrected chi connectivity index (χ2v) is 3.81. The van der Waals surface area contributed by atoms with Crippen LogP contribution in [-0.2, 0) is 13.5 Å². The number of anilines is 1. The zero-order valence-corrected chi connectivity index (χ0v) is 9.64. The molecular formula is C12H16N4. The molecule has 0 spiro atoms. The Morgan fingerprint density at radius 3 is 2.88 bits per heavy atom. The van der Waals surface area contributed by atoms with E-state index in [0.717, 1.165) is 24.3 Å². The van der Waals surface area contributed by atoms with Gasteiger partial charge in [0, 0.05) is 49.5 Å². The molecule has 2 aromatic rings. The zero-order chi connectivity index (χ0) is 11.4. The molecule has 1 N–H and O–H groups in total. The van der Waals surface area contributed by atoms with Crippen molar-refractivity contribution in [2.45, 2.75) is 13.3 Å². The van der Waals surface area contributed by atoms with Crippen LogP contribution in [0.25, 0.3) is 0 Å². The molecule has 4 heteroatoms. The van der Waals surface area contributed by atoms with Crippen molar-refractivity contribution in [1.82, 2.24) is 14.8 Å². The van der Waals surface area contributed by atoms with E-state index in [4.69, 9.17) is 0 Å². The molecule has 0 amide bonds. The highest BCUT2D eigenvalue weighted by atomic mass is 15.3. The van der Waals surface area contributed by atoms with Gasteiger partial charge in [0.25, 0.3) is 0 Å². The van der Waals surface area contributed by atoms with Gasteiger partial charge < -0.3 is 5.32 Å². The molecule has 0 unspecified atom stereocenters. The summed E-state index contributed by atoms with van der Waals surface area (Å²) in [4.78, 5) is 4.16. The standard InChI is InChI=1S/C12H16N4/c1-10-9-11(3-6-13-10)14-7-4-12-5-8-15-16(12)2/h3,5-6,8-9H,4,7H2,1-2H3,(H,13,14). The molecule has 0 aromatic carbocycles. The number of pyridine rings is 1. The van der Waals surface area contributed by atoms with Crippen molar-refractivity contribution < 1.29 is 0 Å². The van der Waals surface area contributed by atoms with Gasteiger partial charge in [0.05, 0.1) is 0 Å². The van der Waals surface area contributed by atoms with Gasteiger partial charge in [0.2, 0.25) is 0 Å². The van der Waals surface area contributed by atoms with E-state index in [1.54, 1.807) is 0 Å². The molecule has 0 aliphatic carbocycles. The first-order chi connectivity index (χ1) is 7.75. The van der Waals surface area contributed by atoms with Gasteiger partial charge in [-0.2, -0.15) is 5.10 Å². The SMILES string of the molecule is Cc1cc(NCCc2ccnn2C)ccn1. The molecule has 2 aromatic heterocycles. The van der Waals surface area contributed by atoms with Crippen LogP contribution in [0.4, 0.5) is 5.69 Å². The van der Waals surface area contributed by atoms with Gasteiger partial charge >= 0.3 is 0 Å². The summed E-state index contributed by atoms with van der Waals surface area (Å²) < 4.78 is 1.90. The van der Waals surface area contributed by atoms with Crippen molar-refractivity contribution in [3.05, 3.63) is 42.0 Å². The third-order valence-corrected chi connectivity index (χ3v) is 2.53. The third-order valence-electron chi connectivity index (χ3n) is 2.53. The summed E-state index contributed by atoms with van der Waals surface area (Å²) in [5, 5.41) is 7.51. The molecule has 0 fully saturated rings. The van der Waals surface area contributed by atoms with E-state index < -0.39 is 0 Å². The zero-order valence-electron chi connectivity index (χ0n) is 9.64. The van der Waals surface area contributed by atoms with Crippen LogP contribution in [-0.4, -0.2) is 21.3 Å². The van der Waals surface area contributed by atoms with Crippen LogP contribution in [0.5, 0.6) is 0 Å². The van der Waals surface area contributed by atoms with Crippen molar-refractivity contribution in [2.75, 3.05) is 11.9 Å². The van der Waals surface area contributed by atoms with Crippen LogP contribution in [0.3, 0.4) is 0 Å². The molecule has 84 valence electrons. The highest BCUT2D eigenvalue weighted by Crippen LogP contribution is 2.07. The maximum absolute atomic E-state index is 4.16. The van der Waals surface area contributed by atoms with Crippen molar-refractivity contribution in [1.29, 1.82) is 0 Å². The predicted octanol–water partition coefficient (Wildman–Crippen LogP) is 1.78. The molecule has 0 bridgehead atoms. The lowest BCUT2D eigenvalue weighted by molar-refractivity contribution is 0.711. The second kappa shape index (κ2) is 4.79. The molecular weight excluding hydrogens is 200 g/mol. The van der Waals surface area contributed by atoms with Gasteiger partial charge in [0.1, 0.15) is 0 Å². The van der Waals surface area contributed by atoms with Crippen LogP contribution < -0.4 is 5.32 Å². The Morgan fingerprint density at radius 2 is 2.19 bits per heavy atom. The number of hydrogen-bond acceptors (Lipinski definition) is 3. The van der Waals surface area contributed by atoms with Crippen LogP contribution in [0.2, 0.25) is 0 Å². The molecule has 16 heavy (non-hydrogen) atoms. The van der Waals surface area contributed by atoms with Crippen LogP contribution in [0.1, 0.15) is 11.4 Å². The van der Waals surface area contributed by atoms with Gasteiger partial charge in [0.15, 0.2) is 0 Å². The molecule has 0 atom stereocenters. The highest BCUT2D eigenvalue weighted by Gasteiger charge is 1.98. The summed E-state index contributed by atoms with van der Waals surface area (Å²) >= 11 is 0. The predicted molar refractivity (Wildman–Crippen MR) is 64.4 cm³/mol. The Kier molecular flexibility index (Phi) is 3.19. The summed E-state index contributed by atoms with van der Waals surface area (Å²) in [5.74, 6) is 0. The van der Waals surface area contributed by atoms with Crippen molar-refractivity contribution in [3.63, 3.8) is 0 Å². The normalized spacial score (nSPS) is 10.4. The van der Waals surface area contributed by atoms with E-state index in [-0.39, 0.29) is 0 Å². The molecule has 2 heterocycles. The molecule has 0 aliphatic rings. The Morgan fingerprint density at radius 1 is 1.31 bits per heavy atom. The number of nitrogens with zero attached hydrogens (tertiary/aromatic N) is 3. The largest absolute Gasteiger partial charge is 0.385 e. The van der Waals surface area contributed by atoms with Crippen molar-refractivity contribution >= 4 is 5.69 Å². The number of hydrogen-bond donors (Lipinski definition) is 1. The summed E-state index contributed by atoms with van der Waals surface area (Å²) in [6, 6.07) is 6.07. The second-order valence-electron chi connectivity index (χ2n) is 3.81. The van der Waals surface area contributed by atoms with E-state index >= 15 is 0 Å². The van der Waals surface area contributed by atoms with Gasteiger partial charge in [-0.25, -0.2) is 0 Å². The maximum atomic E-state index is 4.16. The third kappa shape index (κ3) is 2.59. The maximum Gasteiger partial charge on any atom is 0.0492 e. The topological polar surface area (TPSA) is 42.7 Å². The molecule has 0 saturated heterocycles. The quantitative estimate of drug-likeness (QED) is 0.847. The average molecular weight is 216 g/mol. The lowest BCUT2D eigenvalue weighted by atomic mass is 10.3. The monoisotopic (exact) mass is 216 g/mol. The summed E-state index contributed by atoms with van der Waals surface area (Å²) in [6.07, 6.45) is 4.62. The average Bonchev–Trinajstić information content (AvgIpc) is 2.65. The Labute approximate surface area is 95.3 Å². The van der Waals surface area contributed by atoms with E-state index in [9.17, 15) is 0 Å². The molecule has 0 aliphatic heterocycles. The number of nitrogens with one attached hydrogen (secondary N) is 1. The van der Waals surface area contributed by atoms with Crippen molar-refractivity contribution in [3.8, 4) is 0 Å². The van der Waals surface area contributed by atoms with Crippen LogP contribution >= 0.6 is 0 Å². The fourth-order valence-corrected chi connectivity index (χ4v) is 1.64. The van der Waals surface area contributed by atoms with E-state index in [1.807, 2.05) is 49.2 Å². The summed E-state index contributed by atoms with van der Waals surface area (Å²) in [7, 11) is 1.96. The number of aromatic nitrogens is 3. The molecule has 2 rings (SSSR count). The van der Waals surface area contributed by atoms with E-state index in [2.05, 4.69) is 15.4 Å². The first-order valence-electron chi connectivity index (χ1n) is 5.39. The minimum atomic E-state index is 0.906. The van der Waals surface area contributed by atoms with Gasteiger partial charge in [-0.05, 0) is 25.1 Å². The minimum absolute atomic E-state index is 0.906. The first kappa shape index (κ1) is 10.7. The number of aryl methyl sites for hydroxylation is 2. The van der Waals surface area contributed by atoms with E-state index in [0.29, 0.717) is 0 Å². The Balaban J connectivity index is 1.87. The van der Waals surface area contributed by atoms with E-state index in [1.165, 1.54) is 5.69 Å². The fraction of sp³-hybridized carbons (Fsp3) is 0.333. The van der Waals surface area contributed by atoms with Gasteiger partial charge in [-0.15, -0.1) is 0 Å². The summed E-state index contributed by atoms with van der Waals surface area (Å²) in [5.41, 5.74) is 3.39. The van der Waals surface area contributed by atoms with Crippen LogP contribution in [0, 0.1) is 6.92 Å². The lowest BCUT2D eigenvalue weighted by Gasteiger charge is -2.06. The summed E-state index contributed by atoms with van der Waals surface area (Å²) in [6.45, 7) is 2.90. The Hall–Kier alpha value is -1.84. The van der Waals surface area contributed by atoms with Gasteiger partial charge in [-0.3, -0.25) is 9.67 Å².